The number of amides is 3. The fourth-order valence-electron chi connectivity index (χ4n) is 2.00. The second kappa shape index (κ2) is 11.5. The summed E-state index contributed by atoms with van der Waals surface area (Å²) in [5, 5.41) is 34.5. The lowest BCUT2D eigenvalue weighted by Gasteiger charge is -2.27. The molecule has 0 radical (unpaired) electrons. The fourth-order valence-corrected chi connectivity index (χ4v) is 2.00. The molecule has 0 aliphatic heterocycles. The molecule has 0 heterocycles. The van der Waals surface area contributed by atoms with E-state index in [1.807, 2.05) is 0 Å². The lowest BCUT2D eigenvalue weighted by molar-refractivity contribution is -0.142. The zero-order valence-electron chi connectivity index (χ0n) is 15.9. The van der Waals surface area contributed by atoms with Gasteiger partial charge in [0, 0.05) is 0 Å². The highest BCUT2D eigenvalue weighted by atomic mass is 16.4. The minimum absolute atomic E-state index is 0.343. The van der Waals surface area contributed by atoms with Gasteiger partial charge in [-0.05, 0) is 19.8 Å². The predicted octanol–water partition coefficient (Wildman–Crippen LogP) is -2.71. The van der Waals surface area contributed by atoms with Gasteiger partial charge in [-0.1, -0.05) is 20.3 Å². The van der Waals surface area contributed by atoms with E-state index < -0.39 is 60.6 Å². The standard InChI is InChI=1S/C16H30N4O7/c1-5-7(2)12(15(25)18-8(3)16(26)27)20-13(23)10(6-21)19-14(24)11(17)9(4)22/h7-12,21-22H,5-6,17H2,1-4H3,(H,18,25)(H,19,24)(H,20,23)(H,26,27). The van der Waals surface area contributed by atoms with Crippen LogP contribution in [0, 0.1) is 5.92 Å². The van der Waals surface area contributed by atoms with Crippen LogP contribution in [0.2, 0.25) is 0 Å². The van der Waals surface area contributed by atoms with Crippen LogP contribution < -0.4 is 21.7 Å². The number of hydrogen-bond acceptors (Lipinski definition) is 7. The Kier molecular flexibility index (Phi) is 10.5. The van der Waals surface area contributed by atoms with Crippen LogP contribution in [0.15, 0.2) is 0 Å². The second-order valence-electron chi connectivity index (χ2n) is 6.45. The first-order valence-electron chi connectivity index (χ1n) is 8.64. The maximum absolute atomic E-state index is 12.4. The zero-order chi connectivity index (χ0) is 21.3. The summed E-state index contributed by atoms with van der Waals surface area (Å²) in [6.07, 6.45) is -0.661. The molecule has 0 aliphatic carbocycles. The third-order valence-electron chi connectivity index (χ3n) is 4.16. The van der Waals surface area contributed by atoms with E-state index in [1.165, 1.54) is 13.8 Å². The molecule has 0 saturated carbocycles. The smallest absolute Gasteiger partial charge is 0.325 e. The van der Waals surface area contributed by atoms with Crippen molar-refractivity contribution in [3.63, 3.8) is 0 Å². The molecule has 0 bridgehead atoms. The van der Waals surface area contributed by atoms with Crippen molar-refractivity contribution in [3.8, 4) is 0 Å². The van der Waals surface area contributed by atoms with Gasteiger partial charge in [0.05, 0.1) is 12.7 Å². The minimum Gasteiger partial charge on any atom is -0.480 e. The lowest BCUT2D eigenvalue weighted by Crippen LogP contribution is -2.60. The van der Waals surface area contributed by atoms with Crippen molar-refractivity contribution in [2.45, 2.75) is 64.4 Å². The third kappa shape index (κ3) is 7.89. The Balaban J connectivity index is 5.17. The summed E-state index contributed by atoms with van der Waals surface area (Å²) >= 11 is 0. The molecule has 0 saturated heterocycles. The molecular weight excluding hydrogens is 360 g/mol. The number of carboxylic acid groups (broad SMARTS) is 1. The number of nitrogens with one attached hydrogen (secondary N) is 3. The first-order valence-corrected chi connectivity index (χ1v) is 8.64. The van der Waals surface area contributed by atoms with Gasteiger partial charge >= 0.3 is 5.97 Å². The molecule has 0 fully saturated rings. The zero-order valence-corrected chi connectivity index (χ0v) is 15.9. The van der Waals surface area contributed by atoms with Gasteiger partial charge in [0.25, 0.3) is 0 Å². The van der Waals surface area contributed by atoms with Crippen molar-refractivity contribution in [2.75, 3.05) is 6.61 Å². The number of carboxylic acids is 1. The molecule has 156 valence electrons. The predicted molar refractivity (Wildman–Crippen MR) is 95.3 cm³/mol. The molecule has 0 aromatic rings. The molecule has 6 unspecified atom stereocenters. The van der Waals surface area contributed by atoms with E-state index in [-0.39, 0.29) is 5.92 Å². The van der Waals surface area contributed by atoms with E-state index in [1.54, 1.807) is 13.8 Å². The summed E-state index contributed by atoms with van der Waals surface area (Å²) in [5.41, 5.74) is 5.47. The minimum atomic E-state index is -1.39. The van der Waals surface area contributed by atoms with Crippen molar-refractivity contribution in [3.05, 3.63) is 0 Å². The van der Waals surface area contributed by atoms with Crippen LogP contribution in [0.1, 0.15) is 34.1 Å². The van der Waals surface area contributed by atoms with Crippen molar-refractivity contribution >= 4 is 23.7 Å². The molecule has 0 spiro atoms. The average Bonchev–Trinajstić information content (AvgIpc) is 2.61. The number of rotatable bonds is 11. The molecule has 0 rings (SSSR count). The third-order valence-corrected chi connectivity index (χ3v) is 4.16. The van der Waals surface area contributed by atoms with Gasteiger partial charge in [-0.2, -0.15) is 0 Å². The largest absolute Gasteiger partial charge is 0.480 e. The average molecular weight is 390 g/mol. The van der Waals surface area contributed by atoms with Gasteiger partial charge in [-0.25, -0.2) is 0 Å². The summed E-state index contributed by atoms with van der Waals surface area (Å²) in [4.78, 5) is 47.5. The van der Waals surface area contributed by atoms with Crippen molar-refractivity contribution in [1.82, 2.24) is 16.0 Å². The Bertz CT molecular complexity index is 541. The maximum Gasteiger partial charge on any atom is 0.325 e. The first kappa shape index (κ1) is 24.8. The highest BCUT2D eigenvalue weighted by Crippen LogP contribution is 2.09. The fraction of sp³-hybridized carbons (Fsp3) is 0.750. The Hall–Kier alpha value is -2.24. The van der Waals surface area contributed by atoms with Crippen LogP contribution in [-0.4, -0.2) is 75.9 Å². The summed E-state index contributed by atoms with van der Waals surface area (Å²) in [6.45, 7) is 5.29. The number of aliphatic hydroxyl groups excluding tert-OH is 2. The molecule has 6 atom stereocenters. The van der Waals surface area contributed by atoms with Gasteiger partial charge in [0.2, 0.25) is 17.7 Å². The van der Waals surface area contributed by atoms with Gasteiger partial charge in [-0.15, -0.1) is 0 Å². The van der Waals surface area contributed by atoms with Crippen LogP contribution in [0.3, 0.4) is 0 Å². The number of nitrogens with two attached hydrogens (primary N) is 1. The van der Waals surface area contributed by atoms with Crippen molar-refractivity contribution in [2.24, 2.45) is 11.7 Å². The second-order valence-corrected chi connectivity index (χ2v) is 6.45. The van der Waals surface area contributed by atoms with Crippen LogP contribution >= 0.6 is 0 Å². The topological polar surface area (TPSA) is 191 Å². The highest BCUT2D eigenvalue weighted by Gasteiger charge is 2.32. The summed E-state index contributed by atoms with van der Waals surface area (Å²) in [7, 11) is 0. The molecule has 0 aromatic heterocycles. The molecule has 0 aromatic carbocycles. The SMILES string of the molecule is CCC(C)C(NC(=O)C(CO)NC(=O)C(N)C(C)O)C(=O)NC(C)C(=O)O. The quantitative estimate of drug-likeness (QED) is 0.198. The normalized spacial score (nSPS) is 17.6. The van der Waals surface area contributed by atoms with Gasteiger partial charge < -0.3 is 37.0 Å². The van der Waals surface area contributed by atoms with E-state index in [0.29, 0.717) is 6.42 Å². The molecule has 27 heavy (non-hydrogen) atoms. The Morgan fingerprint density at radius 2 is 1.52 bits per heavy atom. The van der Waals surface area contributed by atoms with E-state index >= 15 is 0 Å². The van der Waals surface area contributed by atoms with Crippen LogP contribution in [0.5, 0.6) is 0 Å². The van der Waals surface area contributed by atoms with E-state index in [9.17, 15) is 29.4 Å². The summed E-state index contributed by atoms with van der Waals surface area (Å²) in [6, 6.07) is -4.91. The van der Waals surface area contributed by atoms with E-state index in [2.05, 4.69) is 16.0 Å². The molecule has 3 amide bonds. The molecule has 0 aliphatic rings. The number of aliphatic carboxylic acids is 1. The number of carbonyl (C=O) groups is 4. The molecule has 8 N–H and O–H groups in total. The highest BCUT2D eigenvalue weighted by molar-refractivity contribution is 5.94. The Morgan fingerprint density at radius 1 is 0.963 bits per heavy atom. The van der Waals surface area contributed by atoms with Gasteiger partial charge in [0.1, 0.15) is 24.2 Å². The van der Waals surface area contributed by atoms with E-state index in [4.69, 9.17) is 10.8 Å². The van der Waals surface area contributed by atoms with Gasteiger partial charge in [0.15, 0.2) is 0 Å². The lowest BCUT2D eigenvalue weighted by atomic mass is 9.97. The Labute approximate surface area is 157 Å². The van der Waals surface area contributed by atoms with E-state index in [0.717, 1.165) is 0 Å². The van der Waals surface area contributed by atoms with Gasteiger partial charge in [-0.3, -0.25) is 19.2 Å². The molecular formula is C16H30N4O7. The Morgan fingerprint density at radius 3 is 1.93 bits per heavy atom. The van der Waals surface area contributed by atoms with Crippen molar-refractivity contribution in [1.29, 1.82) is 0 Å². The number of aliphatic hydroxyl groups is 2. The van der Waals surface area contributed by atoms with Crippen molar-refractivity contribution < 1.29 is 34.5 Å². The monoisotopic (exact) mass is 390 g/mol. The van der Waals surface area contributed by atoms with Crippen LogP contribution in [0.4, 0.5) is 0 Å². The molecule has 11 nitrogen and oxygen atoms in total. The van der Waals surface area contributed by atoms with Crippen LogP contribution in [-0.2, 0) is 19.2 Å². The molecule has 11 heteroatoms. The first-order chi connectivity index (χ1) is 12.5. The number of carbonyl (C=O) groups excluding carboxylic acids is 3. The summed E-state index contributed by atoms with van der Waals surface area (Å²) < 4.78 is 0. The number of hydrogen-bond donors (Lipinski definition) is 7. The maximum atomic E-state index is 12.4. The summed E-state index contributed by atoms with van der Waals surface area (Å²) in [5.74, 6) is -3.96. The van der Waals surface area contributed by atoms with Crippen LogP contribution in [0.25, 0.3) is 0 Å².